The van der Waals surface area contributed by atoms with Crippen molar-refractivity contribution in [2.75, 3.05) is 13.1 Å². The van der Waals surface area contributed by atoms with Crippen molar-refractivity contribution in [3.8, 4) is 0 Å². The van der Waals surface area contributed by atoms with E-state index in [1.54, 1.807) is 0 Å². The minimum atomic E-state index is -0.633. The molecule has 1 fully saturated rings. The summed E-state index contributed by atoms with van der Waals surface area (Å²) in [6, 6.07) is 0.615. The van der Waals surface area contributed by atoms with Gasteiger partial charge in [0.05, 0.1) is 5.41 Å². The molecule has 20 heavy (non-hydrogen) atoms. The molecule has 0 aromatic heterocycles. The van der Waals surface area contributed by atoms with Gasteiger partial charge in [-0.25, -0.2) is 0 Å². The van der Waals surface area contributed by atoms with Crippen molar-refractivity contribution in [2.45, 2.75) is 78.7 Å². The van der Waals surface area contributed by atoms with Gasteiger partial charge < -0.3 is 5.11 Å². The molecule has 1 N–H and O–H groups in total. The van der Waals surface area contributed by atoms with Crippen LogP contribution in [0, 0.1) is 11.3 Å². The van der Waals surface area contributed by atoms with E-state index in [0.29, 0.717) is 18.5 Å². The zero-order valence-electron chi connectivity index (χ0n) is 13.8. The third kappa shape index (κ3) is 5.08. The Balaban J connectivity index is 2.72. The summed E-state index contributed by atoms with van der Waals surface area (Å²) < 4.78 is 0. The molecule has 0 heterocycles. The summed E-state index contributed by atoms with van der Waals surface area (Å²) >= 11 is 0. The van der Waals surface area contributed by atoms with Crippen LogP contribution in [-0.4, -0.2) is 35.1 Å². The minimum absolute atomic E-state index is 0.589. The van der Waals surface area contributed by atoms with E-state index in [9.17, 15) is 9.90 Å². The van der Waals surface area contributed by atoms with E-state index >= 15 is 0 Å². The van der Waals surface area contributed by atoms with Gasteiger partial charge in [-0.2, -0.15) is 0 Å². The van der Waals surface area contributed by atoms with E-state index in [4.69, 9.17) is 0 Å². The van der Waals surface area contributed by atoms with Crippen LogP contribution < -0.4 is 0 Å². The molecule has 1 aliphatic rings. The summed E-state index contributed by atoms with van der Waals surface area (Å²) in [5, 5.41) is 9.61. The van der Waals surface area contributed by atoms with Crippen molar-refractivity contribution in [3.63, 3.8) is 0 Å². The molecule has 3 heteroatoms. The van der Waals surface area contributed by atoms with Crippen LogP contribution in [-0.2, 0) is 4.79 Å². The van der Waals surface area contributed by atoms with Gasteiger partial charge in [0.2, 0.25) is 0 Å². The van der Waals surface area contributed by atoms with Gasteiger partial charge in [0, 0.05) is 12.6 Å². The molecule has 0 saturated heterocycles. The van der Waals surface area contributed by atoms with E-state index < -0.39 is 11.4 Å². The summed E-state index contributed by atoms with van der Waals surface area (Å²) in [5.74, 6) is 0.0491. The largest absolute Gasteiger partial charge is 0.481 e. The molecule has 1 rings (SSSR count). The zero-order chi connectivity index (χ0) is 15.2. The van der Waals surface area contributed by atoms with Crippen molar-refractivity contribution in [3.05, 3.63) is 0 Å². The van der Waals surface area contributed by atoms with E-state index in [2.05, 4.69) is 25.7 Å². The van der Waals surface area contributed by atoms with Crippen LogP contribution in [0.5, 0.6) is 0 Å². The second-order valence-electron chi connectivity index (χ2n) is 7.21. The zero-order valence-corrected chi connectivity index (χ0v) is 13.8. The van der Waals surface area contributed by atoms with E-state index in [0.717, 1.165) is 19.4 Å². The van der Waals surface area contributed by atoms with Gasteiger partial charge >= 0.3 is 5.97 Å². The highest BCUT2D eigenvalue weighted by molar-refractivity contribution is 5.74. The van der Waals surface area contributed by atoms with E-state index in [-0.39, 0.29) is 0 Å². The molecule has 0 aliphatic heterocycles. The number of carbonyl (C=O) groups is 1. The van der Waals surface area contributed by atoms with Gasteiger partial charge in [-0.1, -0.05) is 40.0 Å². The summed E-state index contributed by atoms with van der Waals surface area (Å²) in [4.78, 5) is 14.2. The van der Waals surface area contributed by atoms with Gasteiger partial charge in [0.25, 0.3) is 0 Å². The van der Waals surface area contributed by atoms with Crippen molar-refractivity contribution < 1.29 is 9.90 Å². The molecule has 1 saturated carbocycles. The molecule has 0 aromatic rings. The molecule has 0 amide bonds. The van der Waals surface area contributed by atoms with Crippen LogP contribution in [0.15, 0.2) is 0 Å². The Kier molecular flexibility index (Phi) is 7.01. The number of hydrogen-bond acceptors (Lipinski definition) is 2. The fourth-order valence-electron chi connectivity index (χ4n) is 3.34. The van der Waals surface area contributed by atoms with Gasteiger partial charge in [-0.05, 0) is 45.1 Å². The third-order valence-electron chi connectivity index (χ3n) is 4.70. The average molecular weight is 283 g/mol. The van der Waals surface area contributed by atoms with Gasteiger partial charge in [-0.15, -0.1) is 0 Å². The SMILES string of the molecule is CCCC(C)(CN(CCC(C)C)C1CCCC1)C(=O)O. The lowest BCUT2D eigenvalue weighted by Crippen LogP contribution is -2.45. The van der Waals surface area contributed by atoms with E-state index in [1.165, 1.54) is 32.1 Å². The summed E-state index contributed by atoms with van der Waals surface area (Å²) in [7, 11) is 0. The molecule has 0 radical (unpaired) electrons. The molecule has 1 aliphatic carbocycles. The fourth-order valence-corrected chi connectivity index (χ4v) is 3.34. The normalized spacial score (nSPS) is 19.7. The maximum atomic E-state index is 11.7. The van der Waals surface area contributed by atoms with Crippen LogP contribution in [0.3, 0.4) is 0 Å². The average Bonchev–Trinajstić information content (AvgIpc) is 2.88. The smallest absolute Gasteiger partial charge is 0.310 e. The molecule has 1 unspecified atom stereocenters. The highest BCUT2D eigenvalue weighted by Gasteiger charge is 2.36. The first-order chi connectivity index (χ1) is 9.39. The highest BCUT2D eigenvalue weighted by atomic mass is 16.4. The highest BCUT2D eigenvalue weighted by Crippen LogP contribution is 2.30. The Morgan fingerprint density at radius 3 is 2.40 bits per heavy atom. The molecule has 1 atom stereocenters. The second-order valence-corrected chi connectivity index (χ2v) is 7.21. The molecular weight excluding hydrogens is 250 g/mol. The van der Waals surface area contributed by atoms with Crippen LogP contribution in [0.1, 0.15) is 72.6 Å². The monoisotopic (exact) mass is 283 g/mol. The first-order valence-electron chi connectivity index (χ1n) is 8.36. The number of hydrogen-bond donors (Lipinski definition) is 1. The summed E-state index contributed by atoms with van der Waals surface area (Å²) in [6.07, 6.45) is 7.98. The Hall–Kier alpha value is -0.570. The standard InChI is InChI=1S/C17H33NO2/c1-5-11-17(4,16(19)20)13-18(12-10-14(2)3)15-8-6-7-9-15/h14-15H,5-13H2,1-4H3,(H,19,20). The van der Waals surface area contributed by atoms with Gasteiger partial charge in [-0.3, -0.25) is 9.69 Å². The maximum absolute atomic E-state index is 11.7. The maximum Gasteiger partial charge on any atom is 0.310 e. The molecule has 0 spiro atoms. The van der Waals surface area contributed by atoms with E-state index in [1.807, 2.05) is 6.92 Å². The van der Waals surface area contributed by atoms with Crippen LogP contribution in [0.4, 0.5) is 0 Å². The third-order valence-corrected chi connectivity index (χ3v) is 4.70. The summed E-state index contributed by atoms with van der Waals surface area (Å²) in [6.45, 7) is 10.3. The lowest BCUT2D eigenvalue weighted by Gasteiger charge is -2.36. The number of nitrogens with zero attached hydrogens (tertiary/aromatic N) is 1. The summed E-state index contributed by atoms with van der Waals surface area (Å²) in [5.41, 5.74) is -0.589. The topological polar surface area (TPSA) is 40.5 Å². The molecule has 3 nitrogen and oxygen atoms in total. The quantitative estimate of drug-likeness (QED) is 0.690. The Morgan fingerprint density at radius 2 is 1.95 bits per heavy atom. The molecule has 118 valence electrons. The fraction of sp³-hybridized carbons (Fsp3) is 0.941. The predicted octanol–water partition coefficient (Wildman–Crippen LogP) is 4.17. The van der Waals surface area contributed by atoms with Crippen molar-refractivity contribution in [2.24, 2.45) is 11.3 Å². The number of rotatable bonds is 9. The molecule has 0 aromatic carbocycles. The second kappa shape index (κ2) is 8.02. The van der Waals surface area contributed by atoms with Crippen LogP contribution in [0.2, 0.25) is 0 Å². The number of aliphatic carboxylic acids is 1. The first-order valence-corrected chi connectivity index (χ1v) is 8.36. The van der Waals surface area contributed by atoms with Crippen molar-refractivity contribution in [1.29, 1.82) is 0 Å². The molecular formula is C17H33NO2. The Morgan fingerprint density at radius 1 is 1.35 bits per heavy atom. The minimum Gasteiger partial charge on any atom is -0.481 e. The number of carboxylic acids is 1. The van der Waals surface area contributed by atoms with Gasteiger partial charge in [0.1, 0.15) is 0 Å². The van der Waals surface area contributed by atoms with Crippen LogP contribution in [0.25, 0.3) is 0 Å². The lowest BCUT2D eigenvalue weighted by molar-refractivity contribution is -0.150. The molecule has 0 bridgehead atoms. The van der Waals surface area contributed by atoms with Crippen LogP contribution >= 0.6 is 0 Å². The number of carboxylic acid groups (broad SMARTS) is 1. The first kappa shape index (κ1) is 17.5. The van der Waals surface area contributed by atoms with Gasteiger partial charge in [0.15, 0.2) is 0 Å². The lowest BCUT2D eigenvalue weighted by atomic mass is 9.84. The Bertz CT molecular complexity index is 297. The van der Waals surface area contributed by atoms with Crippen molar-refractivity contribution in [1.82, 2.24) is 4.90 Å². The Labute approximate surface area is 124 Å². The van der Waals surface area contributed by atoms with Crippen molar-refractivity contribution >= 4 is 5.97 Å². The predicted molar refractivity (Wildman–Crippen MR) is 83.9 cm³/mol.